The van der Waals surface area contributed by atoms with Gasteiger partial charge in [-0.2, -0.15) is 0 Å². The van der Waals surface area contributed by atoms with Crippen molar-refractivity contribution in [1.29, 1.82) is 0 Å². The van der Waals surface area contributed by atoms with Crippen molar-refractivity contribution in [2.75, 3.05) is 0 Å². The van der Waals surface area contributed by atoms with E-state index in [1.54, 1.807) is 5.67 Å². The zero-order valence-electron chi connectivity index (χ0n) is 12.0. The Kier molecular flexibility index (Phi) is 6.28. The van der Waals surface area contributed by atoms with Gasteiger partial charge >= 0.3 is 0 Å². The van der Waals surface area contributed by atoms with Gasteiger partial charge in [0, 0.05) is 16.9 Å². The quantitative estimate of drug-likeness (QED) is 0.676. The zero-order chi connectivity index (χ0) is 12.3. The predicted molar refractivity (Wildman–Crippen MR) is 83.4 cm³/mol. The van der Waals surface area contributed by atoms with E-state index in [4.69, 9.17) is 4.12 Å². The summed E-state index contributed by atoms with van der Waals surface area (Å²) in [6.07, 6.45) is 0. The maximum Gasteiger partial charge on any atom is 0.170 e. The summed E-state index contributed by atoms with van der Waals surface area (Å²) in [5, 5.41) is 0. The molecule has 0 aliphatic rings. The van der Waals surface area contributed by atoms with Crippen LogP contribution in [0.25, 0.3) is 0 Å². The van der Waals surface area contributed by atoms with Crippen molar-refractivity contribution in [1.82, 2.24) is 0 Å². The van der Waals surface area contributed by atoms with Crippen molar-refractivity contribution in [3.8, 4) is 0 Å². The predicted octanol–water partition coefficient (Wildman–Crippen LogP) is 3.47. The highest BCUT2D eigenvalue weighted by Crippen LogP contribution is 2.20. The number of hydrogen-bond acceptors (Lipinski definition) is 1. The minimum atomic E-state index is -1.28. The first-order valence-electron chi connectivity index (χ1n) is 6.20. The summed E-state index contributed by atoms with van der Waals surface area (Å²) in [4.78, 5) is 0. The molecule has 0 aromatic carbocycles. The van der Waals surface area contributed by atoms with Crippen molar-refractivity contribution in [2.45, 2.75) is 63.7 Å². The Morgan fingerprint density at radius 3 is 1.67 bits per heavy atom. The smallest absolute Gasteiger partial charge is 0.170 e. The molecule has 1 unspecified atom stereocenters. The molecule has 0 aliphatic heterocycles. The Morgan fingerprint density at radius 2 is 1.33 bits per heavy atom. The lowest BCUT2D eigenvalue weighted by atomic mass is 11.7. The van der Waals surface area contributed by atoms with E-state index in [-0.39, 0.29) is 0 Å². The Morgan fingerprint density at radius 1 is 0.867 bits per heavy atom. The topological polar surface area (TPSA) is 9.23 Å². The fourth-order valence-corrected chi connectivity index (χ4v) is 26.0. The lowest BCUT2D eigenvalue weighted by Gasteiger charge is -2.30. The summed E-state index contributed by atoms with van der Waals surface area (Å²) >= 11 is 0. The molecule has 0 saturated heterocycles. The van der Waals surface area contributed by atoms with Crippen LogP contribution in [0.4, 0.5) is 0 Å². The van der Waals surface area contributed by atoms with Crippen molar-refractivity contribution in [3.63, 3.8) is 0 Å². The molecule has 0 fully saturated rings. The van der Waals surface area contributed by atoms with Crippen molar-refractivity contribution >= 4 is 34.2 Å². The van der Waals surface area contributed by atoms with Gasteiger partial charge in [-0.25, -0.2) is 0 Å². The number of hydrogen-bond donors (Lipinski definition) is 0. The SMILES string of the molecule is C[SiH](C[Si](C)(C)C)C[Si](C)(C)O[SiH](C)C. The molecule has 0 saturated carbocycles. The van der Waals surface area contributed by atoms with Crippen LogP contribution < -0.4 is 0 Å². The summed E-state index contributed by atoms with van der Waals surface area (Å²) in [5.74, 6) is 0. The molecule has 0 bridgehead atoms. The van der Waals surface area contributed by atoms with E-state index in [1.807, 2.05) is 0 Å². The molecule has 1 nitrogen and oxygen atoms in total. The van der Waals surface area contributed by atoms with Gasteiger partial charge < -0.3 is 4.12 Å². The van der Waals surface area contributed by atoms with Gasteiger partial charge in [-0.15, -0.1) is 0 Å². The maximum atomic E-state index is 6.25. The van der Waals surface area contributed by atoms with E-state index in [0.29, 0.717) is 0 Å². The Balaban J connectivity index is 4.10. The lowest BCUT2D eigenvalue weighted by Crippen LogP contribution is -2.41. The minimum absolute atomic E-state index is 0.490. The molecule has 5 heteroatoms. The van der Waals surface area contributed by atoms with E-state index in [9.17, 15) is 0 Å². The van der Waals surface area contributed by atoms with Crippen molar-refractivity contribution in [3.05, 3.63) is 0 Å². The van der Waals surface area contributed by atoms with Gasteiger partial charge in [-0.1, -0.05) is 31.9 Å². The zero-order valence-corrected chi connectivity index (χ0v) is 16.3. The molecule has 0 heterocycles. The molecule has 0 radical (unpaired) electrons. The molecule has 0 aromatic heterocycles. The Labute approximate surface area is 102 Å². The van der Waals surface area contributed by atoms with Crippen LogP contribution in [0.3, 0.4) is 0 Å². The fourth-order valence-electron chi connectivity index (χ4n) is 2.64. The van der Waals surface area contributed by atoms with E-state index < -0.39 is 34.2 Å². The molecule has 92 valence electrons. The van der Waals surface area contributed by atoms with E-state index >= 15 is 0 Å². The first kappa shape index (κ1) is 15.8. The molecule has 1 atom stereocenters. The second kappa shape index (κ2) is 5.95. The fraction of sp³-hybridized carbons (Fsp3) is 1.00. The molecule has 0 amide bonds. The average Bonchev–Trinajstić information content (AvgIpc) is 1.73. The summed E-state index contributed by atoms with van der Waals surface area (Å²) in [5.41, 5.74) is 3.08. The summed E-state index contributed by atoms with van der Waals surface area (Å²) in [6.45, 7) is 19.5. The molecular formula is C10H30OSi4. The molecule has 0 rings (SSSR count). The van der Waals surface area contributed by atoms with E-state index in [2.05, 4.69) is 52.4 Å². The summed E-state index contributed by atoms with van der Waals surface area (Å²) in [7, 11) is -3.41. The number of rotatable bonds is 6. The molecular weight excluding hydrogens is 248 g/mol. The first-order valence-corrected chi connectivity index (χ1v) is 18.6. The van der Waals surface area contributed by atoms with Gasteiger partial charge in [-0.05, 0) is 31.9 Å². The van der Waals surface area contributed by atoms with Crippen molar-refractivity contribution < 1.29 is 4.12 Å². The summed E-state index contributed by atoms with van der Waals surface area (Å²) in [6, 6.07) is 0. The summed E-state index contributed by atoms with van der Waals surface area (Å²) < 4.78 is 6.25. The van der Waals surface area contributed by atoms with Gasteiger partial charge in [0.2, 0.25) is 0 Å². The largest absolute Gasteiger partial charge is 0.458 e. The maximum absolute atomic E-state index is 6.25. The molecule has 0 aliphatic carbocycles. The molecule has 0 N–H and O–H groups in total. The van der Waals surface area contributed by atoms with Crippen LogP contribution in [0, 0.1) is 0 Å². The van der Waals surface area contributed by atoms with Crippen LogP contribution in [0.1, 0.15) is 0 Å². The monoisotopic (exact) mass is 278 g/mol. The minimum Gasteiger partial charge on any atom is -0.458 e. The highest BCUT2D eigenvalue weighted by Gasteiger charge is 2.29. The normalized spacial score (nSPS) is 15.8. The van der Waals surface area contributed by atoms with Crippen molar-refractivity contribution in [2.24, 2.45) is 0 Å². The van der Waals surface area contributed by atoms with Gasteiger partial charge in [0.1, 0.15) is 0 Å². The second-order valence-corrected chi connectivity index (χ2v) is 24.2. The molecule has 0 aromatic rings. The van der Waals surface area contributed by atoms with Crippen LogP contribution in [-0.2, 0) is 4.12 Å². The molecule has 0 spiro atoms. The van der Waals surface area contributed by atoms with Gasteiger partial charge in [0.15, 0.2) is 17.4 Å². The van der Waals surface area contributed by atoms with Gasteiger partial charge in [0.05, 0.1) is 0 Å². The third-order valence-electron chi connectivity index (χ3n) is 2.36. The van der Waals surface area contributed by atoms with Crippen LogP contribution in [0.5, 0.6) is 0 Å². The van der Waals surface area contributed by atoms with Gasteiger partial charge in [0.25, 0.3) is 0 Å². The third kappa shape index (κ3) is 9.74. The lowest BCUT2D eigenvalue weighted by molar-refractivity contribution is 0.579. The highest BCUT2D eigenvalue weighted by atomic mass is 28.4. The van der Waals surface area contributed by atoms with Crippen LogP contribution in [0.15, 0.2) is 0 Å². The first-order chi connectivity index (χ1) is 6.52. The van der Waals surface area contributed by atoms with Crippen LogP contribution in [0.2, 0.25) is 63.7 Å². The van der Waals surface area contributed by atoms with Crippen LogP contribution in [-0.4, -0.2) is 34.2 Å². The van der Waals surface area contributed by atoms with E-state index in [1.165, 1.54) is 5.67 Å². The third-order valence-corrected chi connectivity index (χ3v) is 21.2. The van der Waals surface area contributed by atoms with Gasteiger partial charge in [-0.3, -0.25) is 0 Å². The average molecular weight is 279 g/mol. The Bertz CT molecular complexity index is 186. The second-order valence-electron chi connectivity index (χ2n) is 7.00. The van der Waals surface area contributed by atoms with Crippen LogP contribution >= 0.6 is 0 Å². The Hall–Kier alpha value is 0.828. The standard InChI is InChI=1S/C10H30OSi4/c1-12(2)11-15(7,8)10-13(3)9-14(4,5)6/h12-13H,9-10H2,1-8H3. The van der Waals surface area contributed by atoms with E-state index in [0.717, 1.165) is 0 Å². The molecule has 15 heavy (non-hydrogen) atoms. The highest BCUT2D eigenvalue weighted by molar-refractivity contribution is 6.94.